The normalized spacial score (nSPS) is 11.1. The average molecular weight is 598 g/mol. The Hall–Kier alpha value is -2.84. The Balaban J connectivity index is 1.42. The molecule has 5 nitrogen and oxygen atoms in total. The first kappa shape index (κ1) is 24.8. The molecule has 5 aromatic rings. The molecule has 0 bridgehead atoms. The number of hydrogen-bond donors (Lipinski definition) is 1. The lowest BCUT2D eigenvalue weighted by molar-refractivity contribution is 0.0951. The fourth-order valence-electron chi connectivity index (χ4n) is 3.80. The first-order valence-electron chi connectivity index (χ1n) is 11.0. The molecule has 0 atom stereocenters. The maximum atomic E-state index is 13.1. The lowest BCUT2D eigenvalue weighted by atomic mass is 10.0. The van der Waals surface area contributed by atoms with Crippen molar-refractivity contribution in [3.63, 3.8) is 0 Å². The number of fused-ring (bicyclic) bond motifs is 1. The standard InChI is InChI=1S/C27H19BrCl2N4OS/c28-19-10-8-17(9-11-19)16-36-27-33-32-25(34(27)20-12-13-23(29)24(30)14-20)15-31-26(35)22-7-3-5-18-4-1-2-6-21(18)22/h1-14H,15-16H2,(H,31,35). The van der Waals surface area contributed by atoms with E-state index in [2.05, 4.69) is 43.6 Å². The van der Waals surface area contributed by atoms with Crippen LogP contribution in [0.4, 0.5) is 0 Å². The van der Waals surface area contributed by atoms with Gasteiger partial charge in [0.05, 0.1) is 22.3 Å². The Labute approximate surface area is 231 Å². The van der Waals surface area contributed by atoms with Gasteiger partial charge in [0.1, 0.15) is 0 Å². The first-order chi connectivity index (χ1) is 17.5. The quantitative estimate of drug-likeness (QED) is 0.195. The Bertz CT molecular complexity index is 1550. The highest BCUT2D eigenvalue weighted by Crippen LogP contribution is 2.30. The van der Waals surface area contributed by atoms with Crippen molar-refractivity contribution in [3.05, 3.63) is 116 Å². The zero-order valence-corrected chi connectivity index (χ0v) is 22.7. The van der Waals surface area contributed by atoms with Crippen molar-refractivity contribution < 1.29 is 4.79 Å². The molecule has 5 rings (SSSR count). The van der Waals surface area contributed by atoms with Crippen LogP contribution in [0.1, 0.15) is 21.7 Å². The van der Waals surface area contributed by atoms with Gasteiger partial charge in [0.15, 0.2) is 11.0 Å². The highest BCUT2D eigenvalue weighted by Gasteiger charge is 2.17. The smallest absolute Gasteiger partial charge is 0.252 e. The summed E-state index contributed by atoms with van der Waals surface area (Å²) in [6.07, 6.45) is 0. The van der Waals surface area contributed by atoms with Crippen LogP contribution in [0.3, 0.4) is 0 Å². The van der Waals surface area contributed by atoms with E-state index < -0.39 is 0 Å². The van der Waals surface area contributed by atoms with E-state index in [0.717, 1.165) is 26.5 Å². The number of hydrogen-bond acceptors (Lipinski definition) is 4. The van der Waals surface area contributed by atoms with Crippen molar-refractivity contribution in [2.24, 2.45) is 0 Å². The number of aromatic nitrogens is 3. The molecule has 4 aromatic carbocycles. The van der Waals surface area contributed by atoms with Gasteiger partial charge in [-0.15, -0.1) is 10.2 Å². The molecule has 1 heterocycles. The number of amides is 1. The third-order valence-electron chi connectivity index (χ3n) is 5.58. The predicted octanol–water partition coefficient (Wildman–Crippen LogP) is 7.71. The van der Waals surface area contributed by atoms with Gasteiger partial charge in [0.2, 0.25) is 0 Å². The minimum absolute atomic E-state index is 0.181. The summed E-state index contributed by atoms with van der Waals surface area (Å²) in [5.74, 6) is 1.11. The van der Waals surface area contributed by atoms with Crippen molar-refractivity contribution in [1.29, 1.82) is 0 Å². The summed E-state index contributed by atoms with van der Waals surface area (Å²) in [6.45, 7) is 0.189. The van der Waals surface area contributed by atoms with Crippen LogP contribution in [0.25, 0.3) is 16.5 Å². The van der Waals surface area contributed by atoms with E-state index in [-0.39, 0.29) is 12.5 Å². The third kappa shape index (κ3) is 5.44. The molecule has 1 aromatic heterocycles. The molecule has 0 aliphatic carbocycles. The van der Waals surface area contributed by atoms with E-state index in [0.29, 0.717) is 32.3 Å². The number of nitrogens with one attached hydrogen (secondary N) is 1. The number of rotatable bonds is 7. The van der Waals surface area contributed by atoms with Crippen LogP contribution in [0.15, 0.2) is 94.6 Å². The zero-order chi connectivity index (χ0) is 25.1. The van der Waals surface area contributed by atoms with Gasteiger partial charge in [-0.2, -0.15) is 0 Å². The second kappa shape index (κ2) is 11.0. The van der Waals surface area contributed by atoms with Crippen LogP contribution in [-0.2, 0) is 12.3 Å². The molecule has 0 saturated carbocycles. The lowest BCUT2D eigenvalue weighted by Gasteiger charge is -2.12. The zero-order valence-electron chi connectivity index (χ0n) is 18.8. The molecule has 36 heavy (non-hydrogen) atoms. The van der Waals surface area contributed by atoms with Gasteiger partial charge < -0.3 is 5.32 Å². The molecule has 1 N–H and O–H groups in total. The molecule has 1 amide bonds. The molecule has 0 spiro atoms. The van der Waals surface area contributed by atoms with Gasteiger partial charge >= 0.3 is 0 Å². The van der Waals surface area contributed by atoms with Crippen molar-refractivity contribution >= 4 is 67.6 Å². The molecule has 180 valence electrons. The third-order valence-corrected chi connectivity index (χ3v) is 7.85. The minimum Gasteiger partial charge on any atom is -0.345 e. The summed E-state index contributed by atoms with van der Waals surface area (Å²) >= 11 is 17.5. The molecule has 0 radical (unpaired) electrons. The predicted molar refractivity (Wildman–Crippen MR) is 150 cm³/mol. The molecular weight excluding hydrogens is 579 g/mol. The summed E-state index contributed by atoms with van der Waals surface area (Å²) < 4.78 is 2.93. The van der Waals surface area contributed by atoms with Crippen molar-refractivity contribution in [2.45, 2.75) is 17.5 Å². The van der Waals surface area contributed by atoms with Gasteiger partial charge in [-0.05, 0) is 52.7 Å². The number of halogens is 3. The Morgan fingerprint density at radius 3 is 2.50 bits per heavy atom. The fourth-order valence-corrected chi connectivity index (χ4v) is 5.28. The Morgan fingerprint density at radius 1 is 0.917 bits per heavy atom. The second-order valence-corrected chi connectivity index (χ2v) is 10.6. The number of carbonyl (C=O) groups excluding carboxylic acids is 1. The Morgan fingerprint density at radius 2 is 1.69 bits per heavy atom. The van der Waals surface area contributed by atoms with Crippen molar-refractivity contribution in [3.8, 4) is 5.69 Å². The summed E-state index contributed by atoms with van der Waals surface area (Å²) in [7, 11) is 0. The Kier molecular flexibility index (Phi) is 7.62. The van der Waals surface area contributed by atoms with E-state index in [9.17, 15) is 4.79 Å². The number of benzene rings is 4. The fraction of sp³-hybridized carbons (Fsp3) is 0.0741. The van der Waals surface area contributed by atoms with E-state index in [1.807, 2.05) is 65.2 Å². The molecule has 0 aliphatic heterocycles. The highest BCUT2D eigenvalue weighted by molar-refractivity contribution is 9.10. The van der Waals surface area contributed by atoms with E-state index in [1.54, 1.807) is 23.9 Å². The van der Waals surface area contributed by atoms with Gasteiger partial charge in [-0.1, -0.05) is 99.4 Å². The maximum absolute atomic E-state index is 13.1. The largest absolute Gasteiger partial charge is 0.345 e. The first-order valence-corrected chi connectivity index (χ1v) is 13.6. The number of nitrogens with zero attached hydrogens (tertiary/aromatic N) is 3. The van der Waals surface area contributed by atoms with Crippen LogP contribution in [0.5, 0.6) is 0 Å². The summed E-state index contributed by atoms with van der Waals surface area (Å²) in [6, 6.07) is 27.0. The number of thioether (sulfide) groups is 1. The summed E-state index contributed by atoms with van der Waals surface area (Å²) in [5.41, 5.74) is 2.53. The molecule has 9 heteroatoms. The monoisotopic (exact) mass is 596 g/mol. The second-order valence-electron chi connectivity index (χ2n) is 7.96. The summed E-state index contributed by atoms with van der Waals surface area (Å²) in [5, 5.41) is 15.3. The van der Waals surface area contributed by atoms with Gasteiger partial charge in [-0.25, -0.2) is 0 Å². The van der Waals surface area contributed by atoms with Crippen LogP contribution < -0.4 is 5.32 Å². The minimum atomic E-state index is -0.181. The molecular formula is C27H19BrCl2N4OS. The van der Waals surface area contributed by atoms with E-state index >= 15 is 0 Å². The summed E-state index contributed by atoms with van der Waals surface area (Å²) in [4.78, 5) is 13.1. The van der Waals surface area contributed by atoms with Gasteiger partial charge in [-0.3, -0.25) is 9.36 Å². The van der Waals surface area contributed by atoms with E-state index in [1.165, 1.54) is 0 Å². The van der Waals surface area contributed by atoms with Gasteiger partial charge in [0, 0.05) is 15.8 Å². The van der Waals surface area contributed by atoms with Crippen LogP contribution in [0, 0.1) is 0 Å². The molecule has 0 unspecified atom stereocenters. The number of carbonyl (C=O) groups is 1. The van der Waals surface area contributed by atoms with Crippen LogP contribution >= 0.6 is 50.9 Å². The van der Waals surface area contributed by atoms with Crippen molar-refractivity contribution in [2.75, 3.05) is 0 Å². The van der Waals surface area contributed by atoms with Crippen LogP contribution in [0.2, 0.25) is 10.0 Å². The maximum Gasteiger partial charge on any atom is 0.252 e. The highest BCUT2D eigenvalue weighted by atomic mass is 79.9. The average Bonchev–Trinajstić information content (AvgIpc) is 3.31. The van der Waals surface area contributed by atoms with Gasteiger partial charge in [0.25, 0.3) is 5.91 Å². The van der Waals surface area contributed by atoms with Crippen molar-refractivity contribution in [1.82, 2.24) is 20.1 Å². The lowest BCUT2D eigenvalue weighted by Crippen LogP contribution is -2.25. The topological polar surface area (TPSA) is 59.8 Å². The molecule has 0 aliphatic rings. The van der Waals surface area contributed by atoms with Crippen LogP contribution in [-0.4, -0.2) is 20.7 Å². The van der Waals surface area contributed by atoms with E-state index in [4.69, 9.17) is 23.2 Å². The molecule has 0 fully saturated rings. The SMILES string of the molecule is O=C(NCc1nnc(SCc2ccc(Br)cc2)n1-c1ccc(Cl)c(Cl)c1)c1cccc2ccccc12. The molecule has 0 saturated heterocycles.